The van der Waals surface area contributed by atoms with Crippen molar-refractivity contribution in [3.8, 4) is 11.3 Å². The van der Waals surface area contributed by atoms with E-state index >= 15 is 0 Å². The molecule has 2 heterocycles. The summed E-state index contributed by atoms with van der Waals surface area (Å²) in [6.45, 7) is 6.19. The van der Waals surface area contributed by atoms with Crippen LogP contribution in [-0.4, -0.2) is 48.5 Å². The van der Waals surface area contributed by atoms with Gasteiger partial charge in [-0.1, -0.05) is 48.5 Å². The normalized spacial score (nSPS) is 14.8. The van der Waals surface area contributed by atoms with Crippen molar-refractivity contribution in [2.45, 2.75) is 6.92 Å². The smallest absolute Gasteiger partial charge is 0.240 e. The number of aromatic nitrogens is 1. The highest BCUT2D eigenvalue weighted by Crippen LogP contribution is 2.25. The second-order valence-electron chi connectivity index (χ2n) is 7.00. The zero-order valence-electron chi connectivity index (χ0n) is 16.0. The average Bonchev–Trinajstić information content (AvgIpc) is 3.18. The van der Waals surface area contributed by atoms with Crippen LogP contribution in [0.4, 0.5) is 10.8 Å². The molecule has 3 aromatic rings. The molecule has 0 radical (unpaired) electrons. The molecule has 1 aliphatic heterocycles. The summed E-state index contributed by atoms with van der Waals surface area (Å²) in [6.07, 6.45) is 0. The van der Waals surface area contributed by atoms with E-state index in [0.29, 0.717) is 11.7 Å². The Kier molecular flexibility index (Phi) is 5.69. The van der Waals surface area contributed by atoms with Gasteiger partial charge in [0.25, 0.3) is 0 Å². The quantitative estimate of drug-likeness (QED) is 0.716. The molecule has 2 aromatic carbocycles. The van der Waals surface area contributed by atoms with Gasteiger partial charge in [0.2, 0.25) is 5.91 Å². The second kappa shape index (κ2) is 8.54. The van der Waals surface area contributed by atoms with E-state index in [2.05, 4.69) is 51.3 Å². The third-order valence-corrected chi connectivity index (χ3v) is 5.77. The predicted octanol–water partition coefficient (Wildman–Crippen LogP) is 3.88. The van der Waals surface area contributed by atoms with Gasteiger partial charge >= 0.3 is 0 Å². The highest BCUT2D eigenvalue weighted by atomic mass is 32.1. The van der Waals surface area contributed by atoms with E-state index in [4.69, 9.17) is 0 Å². The molecular formula is C22H24N4OS. The highest BCUT2D eigenvalue weighted by molar-refractivity contribution is 7.14. The van der Waals surface area contributed by atoms with E-state index in [1.807, 2.05) is 35.7 Å². The lowest BCUT2D eigenvalue weighted by Crippen LogP contribution is -2.48. The Hall–Kier alpha value is -2.70. The van der Waals surface area contributed by atoms with Crippen LogP contribution in [0.3, 0.4) is 0 Å². The summed E-state index contributed by atoms with van der Waals surface area (Å²) in [5, 5.41) is 5.58. The number of hydrogen-bond acceptors (Lipinski definition) is 5. The fraction of sp³-hybridized carbons (Fsp3) is 0.273. The molecule has 4 rings (SSSR count). The van der Waals surface area contributed by atoms with Crippen LogP contribution in [-0.2, 0) is 4.79 Å². The van der Waals surface area contributed by atoms with Crippen molar-refractivity contribution in [1.82, 2.24) is 9.88 Å². The largest absolute Gasteiger partial charge is 0.369 e. The van der Waals surface area contributed by atoms with Gasteiger partial charge in [0.1, 0.15) is 0 Å². The zero-order chi connectivity index (χ0) is 19.3. The van der Waals surface area contributed by atoms with E-state index in [1.54, 1.807) is 0 Å². The summed E-state index contributed by atoms with van der Waals surface area (Å²) in [6, 6.07) is 18.5. The van der Waals surface area contributed by atoms with Crippen molar-refractivity contribution in [3.63, 3.8) is 0 Å². The van der Waals surface area contributed by atoms with Crippen LogP contribution in [0.5, 0.6) is 0 Å². The number of nitrogens with one attached hydrogen (secondary N) is 1. The third kappa shape index (κ3) is 4.40. The van der Waals surface area contributed by atoms with Crippen LogP contribution in [0.25, 0.3) is 11.3 Å². The zero-order valence-corrected chi connectivity index (χ0v) is 16.8. The van der Waals surface area contributed by atoms with Gasteiger partial charge in [0.05, 0.1) is 12.2 Å². The minimum atomic E-state index is -0.00157. The number of nitrogens with zero attached hydrogens (tertiary/aromatic N) is 3. The maximum absolute atomic E-state index is 12.4. The van der Waals surface area contributed by atoms with Gasteiger partial charge in [-0.2, -0.15) is 0 Å². The van der Waals surface area contributed by atoms with E-state index in [0.717, 1.165) is 37.4 Å². The summed E-state index contributed by atoms with van der Waals surface area (Å²) in [7, 11) is 0. The minimum Gasteiger partial charge on any atom is -0.369 e. The molecule has 1 aromatic heterocycles. The monoisotopic (exact) mass is 392 g/mol. The first-order chi connectivity index (χ1) is 13.7. The van der Waals surface area contributed by atoms with Crippen molar-refractivity contribution in [2.75, 3.05) is 42.9 Å². The van der Waals surface area contributed by atoms with Crippen LogP contribution >= 0.6 is 11.3 Å². The number of hydrogen-bond donors (Lipinski definition) is 1. The molecule has 28 heavy (non-hydrogen) atoms. The Balaban J connectivity index is 1.28. The van der Waals surface area contributed by atoms with E-state index in [9.17, 15) is 4.79 Å². The number of rotatable bonds is 5. The molecular weight excluding hydrogens is 368 g/mol. The molecule has 1 N–H and O–H groups in total. The molecule has 5 nitrogen and oxygen atoms in total. The van der Waals surface area contributed by atoms with Gasteiger partial charge in [0.15, 0.2) is 5.13 Å². The summed E-state index contributed by atoms with van der Waals surface area (Å²) >= 11 is 1.46. The molecule has 1 aliphatic rings. The van der Waals surface area contributed by atoms with Crippen molar-refractivity contribution in [3.05, 3.63) is 65.5 Å². The standard InChI is InChI=1S/C22H24N4OS/c1-17-7-5-6-10-20(17)26-13-11-25(12-14-26)15-21(27)24-22-23-19(16-28-22)18-8-3-2-4-9-18/h2-10,16H,11-15H2,1H3,(H,23,24,27). The van der Waals surface area contributed by atoms with Crippen LogP contribution in [0.15, 0.2) is 60.0 Å². The van der Waals surface area contributed by atoms with Gasteiger partial charge in [0, 0.05) is 42.8 Å². The number of aryl methyl sites for hydroxylation is 1. The minimum absolute atomic E-state index is 0.00157. The SMILES string of the molecule is Cc1ccccc1N1CCN(CC(=O)Nc2nc(-c3ccccc3)cs2)CC1. The van der Waals surface area contributed by atoms with Gasteiger partial charge in [-0.25, -0.2) is 4.98 Å². The molecule has 0 unspecified atom stereocenters. The summed E-state index contributed by atoms with van der Waals surface area (Å²) in [5.41, 5.74) is 4.55. The van der Waals surface area contributed by atoms with Crippen LogP contribution in [0.2, 0.25) is 0 Å². The molecule has 1 fully saturated rings. The van der Waals surface area contributed by atoms with Crippen molar-refractivity contribution in [2.24, 2.45) is 0 Å². The van der Waals surface area contributed by atoms with Crippen LogP contribution in [0.1, 0.15) is 5.56 Å². The number of piperazine rings is 1. The number of amides is 1. The lowest BCUT2D eigenvalue weighted by molar-refractivity contribution is -0.117. The number of anilines is 2. The molecule has 6 heteroatoms. The Morgan fingerprint density at radius 1 is 1.04 bits per heavy atom. The fourth-order valence-electron chi connectivity index (χ4n) is 3.50. The van der Waals surface area contributed by atoms with E-state index in [1.165, 1.54) is 22.6 Å². The number of benzene rings is 2. The van der Waals surface area contributed by atoms with Gasteiger partial charge in [-0.05, 0) is 18.6 Å². The predicted molar refractivity (Wildman–Crippen MR) is 116 cm³/mol. The first-order valence-corrected chi connectivity index (χ1v) is 10.4. The topological polar surface area (TPSA) is 48.5 Å². The maximum atomic E-state index is 12.4. The fourth-order valence-corrected chi connectivity index (χ4v) is 4.24. The van der Waals surface area contributed by atoms with Crippen LogP contribution in [0, 0.1) is 6.92 Å². The van der Waals surface area contributed by atoms with Gasteiger partial charge in [-0.15, -0.1) is 11.3 Å². The third-order valence-electron chi connectivity index (χ3n) is 5.02. The highest BCUT2D eigenvalue weighted by Gasteiger charge is 2.20. The molecule has 144 valence electrons. The number of carbonyl (C=O) groups is 1. The first kappa shape index (κ1) is 18.7. The van der Waals surface area contributed by atoms with Crippen molar-refractivity contribution >= 4 is 28.1 Å². The Labute approximate surface area is 169 Å². The first-order valence-electron chi connectivity index (χ1n) is 9.53. The number of thiazole rings is 1. The molecule has 0 saturated carbocycles. The number of para-hydroxylation sites is 1. The van der Waals surface area contributed by atoms with E-state index < -0.39 is 0 Å². The average molecular weight is 393 g/mol. The number of carbonyl (C=O) groups excluding carboxylic acids is 1. The molecule has 0 atom stereocenters. The van der Waals surface area contributed by atoms with E-state index in [-0.39, 0.29) is 5.91 Å². The van der Waals surface area contributed by atoms with Gasteiger partial charge in [-0.3, -0.25) is 9.69 Å². The summed E-state index contributed by atoms with van der Waals surface area (Å²) < 4.78 is 0. The van der Waals surface area contributed by atoms with Gasteiger partial charge < -0.3 is 10.2 Å². The molecule has 0 aliphatic carbocycles. The molecule has 1 saturated heterocycles. The second-order valence-corrected chi connectivity index (χ2v) is 7.86. The summed E-state index contributed by atoms with van der Waals surface area (Å²) in [4.78, 5) is 21.6. The maximum Gasteiger partial charge on any atom is 0.240 e. The summed E-state index contributed by atoms with van der Waals surface area (Å²) in [5.74, 6) is -0.00157. The molecule has 0 spiro atoms. The lowest BCUT2D eigenvalue weighted by atomic mass is 10.1. The Bertz CT molecular complexity index is 932. The van der Waals surface area contributed by atoms with Crippen molar-refractivity contribution in [1.29, 1.82) is 0 Å². The van der Waals surface area contributed by atoms with Crippen molar-refractivity contribution < 1.29 is 4.79 Å². The van der Waals surface area contributed by atoms with Crippen LogP contribution < -0.4 is 10.2 Å². The lowest BCUT2D eigenvalue weighted by Gasteiger charge is -2.36. The molecule has 1 amide bonds. The Morgan fingerprint density at radius 2 is 1.75 bits per heavy atom. The Morgan fingerprint density at radius 3 is 2.50 bits per heavy atom. The molecule has 0 bridgehead atoms.